The fourth-order valence-electron chi connectivity index (χ4n) is 3.33. The van der Waals surface area contributed by atoms with E-state index in [1.807, 2.05) is 18.2 Å². The zero-order valence-electron chi connectivity index (χ0n) is 14.8. The summed E-state index contributed by atoms with van der Waals surface area (Å²) in [6.07, 6.45) is 0. The van der Waals surface area contributed by atoms with Crippen molar-refractivity contribution < 1.29 is 14.3 Å². The van der Waals surface area contributed by atoms with Gasteiger partial charge in [0.25, 0.3) is 5.91 Å². The first-order chi connectivity index (χ1) is 11.9. The molecule has 1 saturated heterocycles. The molecule has 3 N–H and O–H groups in total. The summed E-state index contributed by atoms with van der Waals surface area (Å²) < 4.78 is 5.34. The van der Waals surface area contributed by atoms with Crippen molar-refractivity contribution in [3.05, 3.63) is 30.0 Å². The van der Waals surface area contributed by atoms with Gasteiger partial charge in [-0.15, -0.1) is 0 Å². The molecule has 1 aliphatic heterocycles. The lowest BCUT2D eigenvalue weighted by molar-refractivity contribution is -0.124. The number of carbonyl (C=O) groups is 2. The molecule has 0 bridgehead atoms. The van der Waals surface area contributed by atoms with Crippen molar-refractivity contribution in [2.75, 3.05) is 26.7 Å². The second-order valence-electron chi connectivity index (χ2n) is 6.61. The SMILES string of the molecule is COc1cccc2[nH]c(C(=O)N3CCN(C(C)C)CC3C(N)=O)cc12. The first kappa shape index (κ1) is 17.3. The van der Waals surface area contributed by atoms with E-state index in [4.69, 9.17) is 10.5 Å². The molecule has 7 heteroatoms. The lowest BCUT2D eigenvalue weighted by atomic mass is 10.1. The number of piperazine rings is 1. The minimum absolute atomic E-state index is 0.217. The molecule has 25 heavy (non-hydrogen) atoms. The van der Waals surface area contributed by atoms with E-state index in [0.717, 1.165) is 17.4 Å². The first-order valence-corrected chi connectivity index (χ1v) is 8.42. The number of aromatic nitrogens is 1. The molecule has 3 rings (SSSR count). The van der Waals surface area contributed by atoms with Gasteiger partial charge in [-0.1, -0.05) is 6.07 Å². The highest BCUT2D eigenvalue weighted by Gasteiger charge is 2.35. The number of benzene rings is 1. The number of carbonyl (C=O) groups excluding carboxylic acids is 2. The molecule has 0 spiro atoms. The summed E-state index contributed by atoms with van der Waals surface area (Å²) in [7, 11) is 1.59. The largest absolute Gasteiger partial charge is 0.496 e. The monoisotopic (exact) mass is 344 g/mol. The molecule has 1 atom stereocenters. The van der Waals surface area contributed by atoms with Crippen LogP contribution in [0.15, 0.2) is 24.3 Å². The standard InChI is InChI=1S/C18H24N4O3/c1-11(2)21-7-8-22(15(10-21)17(19)23)18(24)14-9-12-13(20-14)5-4-6-16(12)25-3/h4-6,9,11,15,20H,7-8,10H2,1-3H3,(H2,19,23). The fraction of sp³-hybridized carbons (Fsp3) is 0.444. The van der Waals surface area contributed by atoms with Gasteiger partial charge in [-0.2, -0.15) is 0 Å². The molecule has 1 aromatic carbocycles. The van der Waals surface area contributed by atoms with E-state index in [1.165, 1.54) is 0 Å². The van der Waals surface area contributed by atoms with Crippen molar-refractivity contribution in [3.8, 4) is 5.75 Å². The molecule has 2 aromatic rings. The number of ether oxygens (including phenoxy) is 1. The molecule has 1 aromatic heterocycles. The number of fused-ring (bicyclic) bond motifs is 1. The Balaban J connectivity index is 1.90. The maximum absolute atomic E-state index is 13.0. The van der Waals surface area contributed by atoms with Crippen LogP contribution in [-0.2, 0) is 4.79 Å². The highest BCUT2D eigenvalue weighted by atomic mass is 16.5. The number of H-pyrrole nitrogens is 1. The zero-order chi connectivity index (χ0) is 18.1. The topological polar surface area (TPSA) is 91.7 Å². The van der Waals surface area contributed by atoms with Crippen molar-refractivity contribution >= 4 is 22.7 Å². The summed E-state index contributed by atoms with van der Waals surface area (Å²) in [6, 6.07) is 7.03. The number of amides is 2. The lowest BCUT2D eigenvalue weighted by Crippen LogP contribution is -2.61. The average molecular weight is 344 g/mol. The number of nitrogens with zero attached hydrogens (tertiary/aromatic N) is 2. The number of nitrogens with one attached hydrogen (secondary N) is 1. The first-order valence-electron chi connectivity index (χ1n) is 8.42. The Kier molecular flexibility index (Phi) is 4.67. The molecule has 0 radical (unpaired) electrons. The average Bonchev–Trinajstić information content (AvgIpc) is 3.04. The highest BCUT2D eigenvalue weighted by molar-refractivity contribution is 6.01. The van der Waals surface area contributed by atoms with Gasteiger partial charge in [0.05, 0.1) is 7.11 Å². The summed E-state index contributed by atoms with van der Waals surface area (Å²) in [4.78, 5) is 31.8. The van der Waals surface area contributed by atoms with Crippen LogP contribution in [0.1, 0.15) is 24.3 Å². The Bertz CT molecular complexity index is 799. The number of aromatic amines is 1. The van der Waals surface area contributed by atoms with E-state index in [-0.39, 0.29) is 5.91 Å². The summed E-state index contributed by atoms with van der Waals surface area (Å²) in [5.41, 5.74) is 6.82. The Morgan fingerprint density at radius 1 is 1.32 bits per heavy atom. The van der Waals surface area contributed by atoms with Crippen LogP contribution < -0.4 is 10.5 Å². The van der Waals surface area contributed by atoms with E-state index in [0.29, 0.717) is 30.6 Å². The molecular formula is C18H24N4O3. The third kappa shape index (κ3) is 3.19. The van der Waals surface area contributed by atoms with Gasteiger partial charge >= 0.3 is 0 Å². The van der Waals surface area contributed by atoms with Crippen LogP contribution in [0.25, 0.3) is 10.9 Å². The van der Waals surface area contributed by atoms with Gasteiger partial charge in [-0.05, 0) is 32.0 Å². The van der Waals surface area contributed by atoms with Gasteiger partial charge in [-0.25, -0.2) is 0 Å². The summed E-state index contributed by atoms with van der Waals surface area (Å²) >= 11 is 0. The number of hydrogen-bond donors (Lipinski definition) is 2. The number of primary amides is 1. The Labute approximate surface area is 146 Å². The molecule has 1 fully saturated rings. The van der Waals surface area contributed by atoms with E-state index in [1.54, 1.807) is 18.1 Å². The van der Waals surface area contributed by atoms with Crippen LogP contribution >= 0.6 is 0 Å². The Hall–Kier alpha value is -2.54. The number of nitrogens with two attached hydrogens (primary N) is 1. The van der Waals surface area contributed by atoms with Crippen molar-refractivity contribution in [2.45, 2.75) is 25.9 Å². The molecule has 1 unspecified atom stereocenters. The molecule has 0 aliphatic carbocycles. The maximum Gasteiger partial charge on any atom is 0.271 e. The molecule has 7 nitrogen and oxygen atoms in total. The van der Waals surface area contributed by atoms with Gasteiger partial charge in [-0.3, -0.25) is 14.5 Å². The smallest absolute Gasteiger partial charge is 0.271 e. The number of hydrogen-bond acceptors (Lipinski definition) is 4. The van der Waals surface area contributed by atoms with Gasteiger partial charge in [0, 0.05) is 36.6 Å². The van der Waals surface area contributed by atoms with Crippen molar-refractivity contribution in [1.29, 1.82) is 0 Å². The molecular weight excluding hydrogens is 320 g/mol. The van der Waals surface area contributed by atoms with E-state index in [9.17, 15) is 9.59 Å². The minimum atomic E-state index is -0.628. The third-order valence-corrected chi connectivity index (χ3v) is 4.81. The fourth-order valence-corrected chi connectivity index (χ4v) is 3.33. The van der Waals surface area contributed by atoms with E-state index >= 15 is 0 Å². The van der Waals surface area contributed by atoms with Crippen LogP contribution in [0.2, 0.25) is 0 Å². The van der Waals surface area contributed by atoms with Crippen LogP contribution in [0.4, 0.5) is 0 Å². The Morgan fingerprint density at radius 2 is 2.08 bits per heavy atom. The summed E-state index contributed by atoms with van der Waals surface area (Å²) in [6.45, 7) is 5.79. The summed E-state index contributed by atoms with van der Waals surface area (Å²) in [5.74, 6) is 0.00160. The second-order valence-corrected chi connectivity index (χ2v) is 6.61. The zero-order valence-corrected chi connectivity index (χ0v) is 14.8. The normalized spacial score (nSPS) is 18.7. The van der Waals surface area contributed by atoms with Crippen LogP contribution in [0.3, 0.4) is 0 Å². The van der Waals surface area contributed by atoms with Gasteiger partial charge in [0.2, 0.25) is 5.91 Å². The number of methoxy groups -OCH3 is 1. The van der Waals surface area contributed by atoms with E-state index in [2.05, 4.69) is 23.7 Å². The third-order valence-electron chi connectivity index (χ3n) is 4.81. The molecule has 0 saturated carbocycles. The Morgan fingerprint density at radius 3 is 2.72 bits per heavy atom. The van der Waals surface area contributed by atoms with Crippen molar-refractivity contribution in [1.82, 2.24) is 14.8 Å². The van der Waals surface area contributed by atoms with Crippen molar-refractivity contribution in [2.24, 2.45) is 5.73 Å². The lowest BCUT2D eigenvalue weighted by Gasteiger charge is -2.41. The van der Waals surface area contributed by atoms with Crippen LogP contribution in [0.5, 0.6) is 5.75 Å². The van der Waals surface area contributed by atoms with Crippen LogP contribution in [0, 0.1) is 0 Å². The van der Waals surface area contributed by atoms with Gasteiger partial charge in [0.15, 0.2) is 0 Å². The van der Waals surface area contributed by atoms with E-state index < -0.39 is 11.9 Å². The number of rotatable bonds is 4. The predicted octanol–water partition coefficient (Wildman–Crippen LogP) is 1.20. The highest BCUT2D eigenvalue weighted by Crippen LogP contribution is 2.27. The molecule has 1 aliphatic rings. The van der Waals surface area contributed by atoms with Crippen molar-refractivity contribution in [3.63, 3.8) is 0 Å². The van der Waals surface area contributed by atoms with Gasteiger partial charge in [0.1, 0.15) is 17.5 Å². The molecule has 2 heterocycles. The minimum Gasteiger partial charge on any atom is -0.496 e. The maximum atomic E-state index is 13.0. The predicted molar refractivity (Wildman–Crippen MR) is 95.6 cm³/mol. The quantitative estimate of drug-likeness (QED) is 0.872. The molecule has 2 amide bonds. The second kappa shape index (κ2) is 6.76. The molecule has 134 valence electrons. The van der Waals surface area contributed by atoms with Crippen LogP contribution in [-0.4, -0.2) is 65.4 Å². The van der Waals surface area contributed by atoms with Gasteiger partial charge < -0.3 is 20.4 Å². The summed E-state index contributed by atoms with van der Waals surface area (Å²) in [5, 5.41) is 0.838.